The topological polar surface area (TPSA) is 82.2 Å². The molecular formula is C29H40N4O. The average Bonchev–Trinajstić information content (AvgIpc) is 2.81. The number of likely N-dealkylation sites (tertiary alicyclic amines) is 1. The minimum absolute atomic E-state index is 0.0612. The van der Waals surface area contributed by atoms with Gasteiger partial charge in [-0.1, -0.05) is 56.5 Å². The van der Waals surface area contributed by atoms with Gasteiger partial charge in [-0.15, -0.1) is 0 Å². The van der Waals surface area contributed by atoms with E-state index in [2.05, 4.69) is 49.2 Å². The van der Waals surface area contributed by atoms with Gasteiger partial charge in [0.1, 0.15) is 5.84 Å². The number of fused-ring (bicyclic) bond motifs is 1. The fourth-order valence-corrected chi connectivity index (χ4v) is 6.07. The number of nitrogens with zero attached hydrogens (tertiary/aromatic N) is 1. The predicted octanol–water partition coefficient (Wildman–Crippen LogP) is 5.82. The van der Waals surface area contributed by atoms with Crippen LogP contribution in [0.4, 0.5) is 5.69 Å². The zero-order valence-corrected chi connectivity index (χ0v) is 20.9. The summed E-state index contributed by atoms with van der Waals surface area (Å²) < 4.78 is 0. The first-order valence-corrected chi connectivity index (χ1v) is 13.0. The van der Waals surface area contributed by atoms with E-state index < -0.39 is 0 Å². The van der Waals surface area contributed by atoms with Crippen molar-refractivity contribution in [1.82, 2.24) is 4.90 Å². The van der Waals surface area contributed by atoms with Crippen LogP contribution < -0.4 is 11.1 Å². The Morgan fingerprint density at radius 3 is 2.62 bits per heavy atom. The van der Waals surface area contributed by atoms with E-state index in [1.165, 1.54) is 43.2 Å². The van der Waals surface area contributed by atoms with Gasteiger partial charge in [0.2, 0.25) is 5.91 Å². The summed E-state index contributed by atoms with van der Waals surface area (Å²) in [5.41, 5.74) is 11.1. The molecule has 34 heavy (non-hydrogen) atoms. The van der Waals surface area contributed by atoms with E-state index in [4.69, 9.17) is 11.1 Å². The summed E-state index contributed by atoms with van der Waals surface area (Å²) in [5.74, 6) is 0.0210. The highest BCUT2D eigenvalue weighted by Gasteiger charge is 2.35. The summed E-state index contributed by atoms with van der Waals surface area (Å²) in [6.45, 7) is 7.04. The van der Waals surface area contributed by atoms with Crippen LogP contribution in [0.2, 0.25) is 0 Å². The van der Waals surface area contributed by atoms with E-state index in [-0.39, 0.29) is 17.7 Å². The maximum Gasteiger partial charge on any atom is 0.228 e. The Kier molecular flexibility index (Phi) is 7.72. The number of hydrogen-bond acceptors (Lipinski definition) is 3. The number of carbonyl (C=O) groups is 1. The number of nitrogens with one attached hydrogen (secondary N) is 2. The van der Waals surface area contributed by atoms with Crippen molar-refractivity contribution in [3.8, 4) is 0 Å². The van der Waals surface area contributed by atoms with Gasteiger partial charge in [0, 0.05) is 35.3 Å². The van der Waals surface area contributed by atoms with Gasteiger partial charge in [0.15, 0.2) is 0 Å². The highest BCUT2D eigenvalue weighted by atomic mass is 16.1. The van der Waals surface area contributed by atoms with Gasteiger partial charge in [-0.25, -0.2) is 0 Å². The Morgan fingerprint density at radius 2 is 1.91 bits per heavy atom. The number of piperidine rings is 1. The standard InChI is InChI=1S/C29H40N4O/c1-4-5-15-27(33-19(2)9-6-10-20(33)3)24-13-8-14-26-25(24)18-23(29(34)32-26)17-21-11-7-12-22(16-21)28(30)31/h7-8,11-14,16,19-20,23,27H,4-6,9-10,15,17-18H2,1-3H3,(H3,30,31)(H,32,34). The molecule has 2 aromatic carbocycles. The number of hydrogen-bond donors (Lipinski definition) is 3. The molecule has 1 fully saturated rings. The minimum atomic E-state index is -0.126. The molecule has 1 saturated heterocycles. The maximum atomic E-state index is 13.1. The number of amidine groups is 1. The minimum Gasteiger partial charge on any atom is -0.384 e. The summed E-state index contributed by atoms with van der Waals surface area (Å²) in [7, 11) is 0. The van der Waals surface area contributed by atoms with Crippen molar-refractivity contribution < 1.29 is 4.79 Å². The monoisotopic (exact) mass is 460 g/mol. The van der Waals surface area contributed by atoms with Gasteiger partial charge in [-0.2, -0.15) is 0 Å². The molecule has 1 amide bonds. The zero-order valence-electron chi connectivity index (χ0n) is 20.9. The van der Waals surface area contributed by atoms with Gasteiger partial charge in [-0.3, -0.25) is 15.1 Å². The molecule has 4 unspecified atom stereocenters. The number of rotatable bonds is 8. The van der Waals surface area contributed by atoms with E-state index >= 15 is 0 Å². The smallest absolute Gasteiger partial charge is 0.228 e. The molecule has 4 rings (SSSR count). The molecule has 0 aromatic heterocycles. The van der Waals surface area contributed by atoms with Crippen molar-refractivity contribution in [1.29, 1.82) is 5.41 Å². The van der Waals surface area contributed by atoms with Crippen LogP contribution in [-0.4, -0.2) is 28.7 Å². The first kappa shape index (κ1) is 24.5. The molecule has 5 heteroatoms. The molecule has 4 N–H and O–H groups in total. The summed E-state index contributed by atoms with van der Waals surface area (Å²) in [6, 6.07) is 15.8. The Labute approximate surface area is 204 Å². The largest absolute Gasteiger partial charge is 0.384 e. The molecular weight excluding hydrogens is 420 g/mol. The van der Waals surface area contributed by atoms with Gasteiger partial charge in [0.25, 0.3) is 0 Å². The fraction of sp³-hybridized carbons (Fsp3) is 0.517. The second-order valence-electron chi connectivity index (χ2n) is 10.3. The number of nitrogens with two attached hydrogens (primary N) is 1. The van der Waals surface area contributed by atoms with Crippen molar-refractivity contribution in [3.63, 3.8) is 0 Å². The second-order valence-corrected chi connectivity index (χ2v) is 10.3. The van der Waals surface area contributed by atoms with Crippen molar-refractivity contribution >= 4 is 17.4 Å². The van der Waals surface area contributed by atoms with Gasteiger partial charge < -0.3 is 11.1 Å². The zero-order chi connectivity index (χ0) is 24.2. The molecule has 182 valence electrons. The van der Waals surface area contributed by atoms with Crippen LogP contribution in [0.1, 0.15) is 87.6 Å². The van der Waals surface area contributed by atoms with Crippen LogP contribution in [0.5, 0.6) is 0 Å². The third kappa shape index (κ3) is 5.20. The Balaban J connectivity index is 1.65. The van der Waals surface area contributed by atoms with Crippen molar-refractivity contribution in [2.45, 2.75) is 90.3 Å². The molecule has 0 bridgehead atoms. The molecule has 5 nitrogen and oxygen atoms in total. The third-order valence-corrected chi connectivity index (χ3v) is 7.82. The average molecular weight is 461 g/mol. The van der Waals surface area contributed by atoms with Crippen molar-refractivity contribution in [3.05, 3.63) is 64.7 Å². The lowest BCUT2D eigenvalue weighted by molar-refractivity contribution is -0.120. The van der Waals surface area contributed by atoms with Crippen LogP contribution in [0, 0.1) is 11.3 Å². The number of benzene rings is 2. The predicted molar refractivity (Wildman–Crippen MR) is 140 cm³/mol. The maximum absolute atomic E-state index is 13.1. The second kappa shape index (κ2) is 10.7. The molecule has 2 heterocycles. The fourth-order valence-electron chi connectivity index (χ4n) is 6.07. The van der Waals surface area contributed by atoms with Crippen LogP contribution in [0.25, 0.3) is 0 Å². The summed E-state index contributed by atoms with van der Waals surface area (Å²) in [4.78, 5) is 15.8. The first-order chi connectivity index (χ1) is 16.4. The van der Waals surface area contributed by atoms with E-state index in [9.17, 15) is 4.79 Å². The van der Waals surface area contributed by atoms with E-state index in [0.29, 0.717) is 30.1 Å². The molecule has 4 atom stereocenters. The Morgan fingerprint density at radius 1 is 1.18 bits per heavy atom. The number of nitrogen functional groups attached to an aromatic ring is 1. The normalized spacial score (nSPS) is 23.7. The third-order valence-electron chi connectivity index (χ3n) is 7.82. The molecule has 0 spiro atoms. The first-order valence-electron chi connectivity index (χ1n) is 13.0. The quantitative estimate of drug-likeness (QED) is 0.343. The molecule has 0 radical (unpaired) electrons. The van der Waals surface area contributed by atoms with Gasteiger partial charge in [0.05, 0.1) is 0 Å². The van der Waals surface area contributed by atoms with Crippen LogP contribution in [0.15, 0.2) is 42.5 Å². The van der Waals surface area contributed by atoms with E-state index in [1.54, 1.807) is 0 Å². The van der Waals surface area contributed by atoms with Gasteiger partial charge >= 0.3 is 0 Å². The number of amides is 1. The number of anilines is 1. The Hall–Kier alpha value is -2.66. The molecule has 2 aromatic rings. The number of unbranched alkanes of at least 4 members (excludes halogenated alkanes) is 1. The summed E-state index contributed by atoms with van der Waals surface area (Å²) in [6.07, 6.45) is 8.77. The van der Waals surface area contributed by atoms with Crippen molar-refractivity contribution in [2.75, 3.05) is 5.32 Å². The lowest BCUT2D eigenvalue weighted by Crippen LogP contribution is -2.46. The van der Waals surface area contributed by atoms with Crippen molar-refractivity contribution in [2.24, 2.45) is 11.7 Å². The molecule has 0 saturated carbocycles. The summed E-state index contributed by atoms with van der Waals surface area (Å²) in [5, 5.41) is 11.0. The van der Waals surface area contributed by atoms with E-state index in [0.717, 1.165) is 24.1 Å². The van der Waals surface area contributed by atoms with E-state index in [1.807, 2.05) is 24.3 Å². The molecule has 2 aliphatic heterocycles. The van der Waals surface area contributed by atoms with Gasteiger partial charge in [-0.05, 0) is 74.8 Å². The molecule has 2 aliphatic rings. The highest BCUT2D eigenvalue weighted by Crippen LogP contribution is 2.41. The lowest BCUT2D eigenvalue weighted by atomic mass is 9.82. The van der Waals surface area contributed by atoms with Crippen LogP contribution >= 0.6 is 0 Å². The number of carbonyl (C=O) groups excluding carboxylic acids is 1. The highest BCUT2D eigenvalue weighted by molar-refractivity contribution is 5.97. The Bertz CT molecular complexity index is 1020. The SMILES string of the molecule is CCCCC(c1cccc2c1CC(Cc1cccc(C(=N)N)c1)C(=O)N2)N1C(C)CCCC1C. The molecule has 0 aliphatic carbocycles. The summed E-state index contributed by atoms with van der Waals surface area (Å²) >= 11 is 0. The van der Waals surface area contributed by atoms with Crippen LogP contribution in [-0.2, 0) is 17.6 Å². The van der Waals surface area contributed by atoms with Crippen LogP contribution in [0.3, 0.4) is 0 Å². The lowest BCUT2D eigenvalue weighted by Gasteiger charge is -2.45.